The van der Waals surface area contributed by atoms with E-state index in [4.69, 9.17) is 9.47 Å². The summed E-state index contributed by atoms with van der Waals surface area (Å²) in [5, 5.41) is 2.81. The van der Waals surface area contributed by atoms with Crippen molar-refractivity contribution >= 4 is 5.91 Å². The van der Waals surface area contributed by atoms with E-state index < -0.39 is 0 Å². The number of amides is 1. The van der Waals surface area contributed by atoms with Gasteiger partial charge >= 0.3 is 0 Å². The molecule has 1 saturated heterocycles. The van der Waals surface area contributed by atoms with Gasteiger partial charge in [-0.05, 0) is 24.3 Å². The normalized spacial score (nSPS) is 15.1. The first-order valence-corrected chi connectivity index (χ1v) is 5.49. The second-order valence-electron chi connectivity index (χ2n) is 3.85. The van der Waals surface area contributed by atoms with Gasteiger partial charge in [0.15, 0.2) is 0 Å². The highest BCUT2D eigenvalue weighted by Gasteiger charge is 2.19. The Kier molecular flexibility index (Phi) is 3.93. The van der Waals surface area contributed by atoms with Gasteiger partial charge in [0.2, 0.25) is 5.91 Å². The van der Waals surface area contributed by atoms with Crippen LogP contribution in [-0.2, 0) is 9.53 Å². The topological polar surface area (TPSA) is 47.6 Å². The summed E-state index contributed by atoms with van der Waals surface area (Å²) >= 11 is 0. The highest BCUT2D eigenvalue weighted by Crippen LogP contribution is 2.11. The molecule has 1 heterocycles. The van der Waals surface area contributed by atoms with Crippen LogP contribution in [0, 0.1) is 5.82 Å². The Bertz CT molecular complexity index is 376. The highest BCUT2D eigenvalue weighted by molar-refractivity contribution is 5.76. The molecule has 4 nitrogen and oxygen atoms in total. The van der Waals surface area contributed by atoms with Gasteiger partial charge in [-0.15, -0.1) is 0 Å². The number of nitrogens with one attached hydrogen (secondary N) is 1. The average molecular weight is 239 g/mol. The zero-order valence-corrected chi connectivity index (χ0v) is 9.32. The zero-order valence-electron chi connectivity index (χ0n) is 9.32. The third-order valence-electron chi connectivity index (χ3n) is 2.41. The fourth-order valence-corrected chi connectivity index (χ4v) is 1.41. The van der Waals surface area contributed by atoms with E-state index >= 15 is 0 Å². The second kappa shape index (κ2) is 5.63. The number of hydrogen-bond acceptors (Lipinski definition) is 3. The van der Waals surface area contributed by atoms with Crippen molar-refractivity contribution in [3.05, 3.63) is 30.1 Å². The molecule has 0 spiro atoms. The van der Waals surface area contributed by atoms with Crippen molar-refractivity contribution in [2.75, 3.05) is 19.8 Å². The number of halogens is 1. The van der Waals surface area contributed by atoms with Gasteiger partial charge in [-0.3, -0.25) is 4.79 Å². The Morgan fingerprint density at radius 3 is 2.71 bits per heavy atom. The molecule has 2 rings (SSSR count). The minimum atomic E-state index is -0.305. The van der Waals surface area contributed by atoms with E-state index in [9.17, 15) is 9.18 Å². The summed E-state index contributed by atoms with van der Waals surface area (Å²) in [7, 11) is 0. The molecule has 1 N–H and O–H groups in total. The number of hydrogen-bond donors (Lipinski definition) is 1. The van der Waals surface area contributed by atoms with Crippen LogP contribution in [-0.4, -0.2) is 31.8 Å². The number of carbonyl (C=O) groups excluding carboxylic acids is 1. The first kappa shape index (κ1) is 11.9. The average Bonchev–Trinajstić information content (AvgIpc) is 2.26. The third kappa shape index (κ3) is 3.71. The maximum atomic E-state index is 12.6. The molecule has 92 valence electrons. The standard InChI is InChI=1S/C12H14FNO3/c13-9-1-3-11(4-2-9)17-6-5-12(15)14-10-7-16-8-10/h1-4,10H,5-8H2,(H,14,15). The minimum Gasteiger partial charge on any atom is -0.493 e. The van der Waals surface area contributed by atoms with Crippen molar-refractivity contribution in [2.24, 2.45) is 0 Å². The van der Waals surface area contributed by atoms with E-state index in [1.54, 1.807) is 0 Å². The SMILES string of the molecule is O=C(CCOc1ccc(F)cc1)NC1COC1. The van der Waals surface area contributed by atoms with Crippen LogP contribution in [0.25, 0.3) is 0 Å². The van der Waals surface area contributed by atoms with Crippen LogP contribution in [0.15, 0.2) is 24.3 Å². The molecule has 0 aromatic heterocycles. The number of ether oxygens (including phenoxy) is 2. The molecule has 17 heavy (non-hydrogen) atoms. The number of rotatable bonds is 5. The molecule has 0 unspecified atom stereocenters. The van der Waals surface area contributed by atoms with Gasteiger partial charge in [0.25, 0.3) is 0 Å². The van der Waals surface area contributed by atoms with E-state index in [1.165, 1.54) is 24.3 Å². The monoisotopic (exact) mass is 239 g/mol. The fourth-order valence-electron chi connectivity index (χ4n) is 1.41. The minimum absolute atomic E-state index is 0.0552. The summed E-state index contributed by atoms with van der Waals surface area (Å²) in [6.07, 6.45) is 0.286. The van der Waals surface area contributed by atoms with Crippen LogP contribution in [0.2, 0.25) is 0 Å². The lowest BCUT2D eigenvalue weighted by Crippen LogP contribution is -2.48. The van der Waals surface area contributed by atoms with E-state index in [2.05, 4.69) is 5.32 Å². The summed E-state index contributed by atoms with van der Waals surface area (Å²) in [5.74, 6) is 0.201. The molecule has 0 aliphatic carbocycles. The largest absolute Gasteiger partial charge is 0.493 e. The molecule has 0 atom stereocenters. The molecular formula is C12H14FNO3. The molecule has 0 radical (unpaired) electrons. The molecule has 1 aliphatic heterocycles. The van der Waals surface area contributed by atoms with Gasteiger partial charge < -0.3 is 14.8 Å². The number of carbonyl (C=O) groups is 1. The Labute approximate surface area is 98.7 Å². The molecule has 0 saturated carbocycles. The van der Waals surface area contributed by atoms with Crippen LogP contribution >= 0.6 is 0 Å². The van der Waals surface area contributed by atoms with E-state index in [0.717, 1.165) is 0 Å². The van der Waals surface area contributed by atoms with Crippen LogP contribution in [0.3, 0.4) is 0 Å². The quantitative estimate of drug-likeness (QED) is 0.837. The van der Waals surface area contributed by atoms with Crippen molar-refractivity contribution in [1.82, 2.24) is 5.32 Å². The van der Waals surface area contributed by atoms with Crippen LogP contribution in [0.1, 0.15) is 6.42 Å². The first-order valence-electron chi connectivity index (χ1n) is 5.49. The Morgan fingerprint density at radius 1 is 1.41 bits per heavy atom. The van der Waals surface area contributed by atoms with E-state index in [1.807, 2.05) is 0 Å². The smallest absolute Gasteiger partial charge is 0.223 e. The summed E-state index contributed by atoms with van der Waals surface area (Å²) in [4.78, 5) is 11.4. The molecular weight excluding hydrogens is 225 g/mol. The molecule has 1 aromatic carbocycles. The van der Waals surface area contributed by atoms with Crippen LogP contribution in [0.5, 0.6) is 5.75 Å². The van der Waals surface area contributed by atoms with Crippen LogP contribution < -0.4 is 10.1 Å². The molecule has 5 heteroatoms. The second-order valence-corrected chi connectivity index (χ2v) is 3.85. The highest BCUT2D eigenvalue weighted by atomic mass is 19.1. The Morgan fingerprint density at radius 2 is 2.12 bits per heavy atom. The molecule has 0 bridgehead atoms. The molecule has 1 fully saturated rings. The van der Waals surface area contributed by atoms with Crippen molar-refractivity contribution in [2.45, 2.75) is 12.5 Å². The Balaban J connectivity index is 1.64. The van der Waals surface area contributed by atoms with Crippen molar-refractivity contribution in [3.8, 4) is 5.75 Å². The molecule has 1 amide bonds. The van der Waals surface area contributed by atoms with E-state index in [0.29, 0.717) is 19.0 Å². The fraction of sp³-hybridized carbons (Fsp3) is 0.417. The molecule has 1 aromatic rings. The van der Waals surface area contributed by atoms with Gasteiger partial charge in [-0.1, -0.05) is 0 Å². The maximum absolute atomic E-state index is 12.6. The summed E-state index contributed by atoms with van der Waals surface area (Å²) < 4.78 is 22.8. The zero-order chi connectivity index (χ0) is 12.1. The lowest BCUT2D eigenvalue weighted by atomic mass is 10.2. The molecule has 1 aliphatic rings. The summed E-state index contributed by atoms with van der Waals surface area (Å²) in [6, 6.07) is 5.86. The van der Waals surface area contributed by atoms with Crippen LogP contribution in [0.4, 0.5) is 4.39 Å². The van der Waals surface area contributed by atoms with Gasteiger partial charge in [0.05, 0.1) is 32.3 Å². The van der Waals surface area contributed by atoms with Gasteiger partial charge in [0, 0.05) is 0 Å². The lowest BCUT2D eigenvalue weighted by molar-refractivity contribution is -0.125. The predicted octanol–water partition coefficient (Wildman–Crippen LogP) is 1.11. The Hall–Kier alpha value is -1.62. The van der Waals surface area contributed by atoms with E-state index in [-0.39, 0.29) is 30.8 Å². The lowest BCUT2D eigenvalue weighted by Gasteiger charge is -2.26. The predicted molar refractivity (Wildman–Crippen MR) is 59.3 cm³/mol. The number of benzene rings is 1. The maximum Gasteiger partial charge on any atom is 0.223 e. The van der Waals surface area contributed by atoms with Crippen molar-refractivity contribution in [1.29, 1.82) is 0 Å². The van der Waals surface area contributed by atoms with Crippen molar-refractivity contribution < 1.29 is 18.7 Å². The van der Waals surface area contributed by atoms with Gasteiger partial charge in [-0.2, -0.15) is 0 Å². The van der Waals surface area contributed by atoms with Gasteiger partial charge in [-0.25, -0.2) is 4.39 Å². The first-order chi connectivity index (χ1) is 8.24. The van der Waals surface area contributed by atoms with Crippen molar-refractivity contribution in [3.63, 3.8) is 0 Å². The third-order valence-corrected chi connectivity index (χ3v) is 2.41. The summed E-state index contributed by atoms with van der Waals surface area (Å²) in [5.41, 5.74) is 0. The van der Waals surface area contributed by atoms with Gasteiger partial charge in [0.1, 0.15) is 11.6 Å². The summed E-state index contributed by atoms with van der Waals surface area (Å²) in [6.45, 7) is 1.46.